The monoisotopic (exact) mass is 351 g/mol. The summed E-state index contributed by atoms with van der Waals surface area (Å²) in [4.78, 5) is 11.6. The highest BCUT2D eigenvalue weighted by molar-refractivity contribution is 5.65. The summed E-state index contributed by atoms with van der Waals surface area (Å²) in [5.41, 5.74) is 1.71. The Labute approximate surface area is 151 Å². The normalized spacial score (nSPS) is 38.8. The summed E-state index contributed by atoms with van der Waals surface area (Å²) in [6.07, 6.45) is 10.3. The third kappa shape index (κ3) is 4.20. The lowest BCUT2D eigenvalue weighted by Crippen LogP contribution is -2.39. The van der Waals surface area contributed by atoms with E-state index >= 15 is 0 Å². The molecule has 4 unspecified atom stereocenters. The number of allylic oxidation sites excluding steroid dienone is 1. The van der Waals surface area contributed by atoms with Crippen molar-refractivity contribution in [3.63, 3.8) is 0 Å². The van der Waals surface area contributed by atoms with Gasteiger partial charge in [-0.15, -0.1) is 0 Å². The molecule has 5 heteroatoms. The zero-order chi connectivity index (χ0) is 18.1. The van der Waals surface area contributed by atoms with Crippen LogP contribution < -0.4 is 0 Å². The highest BCUT2D eigenvalue weighted by atomic mass is 16.6. The van der Waals surface area contributed by atoms with Gasteiger partial charge in [0.25, 0.3) is 0 Å². The standard InChI is InChI=1S/C15H24O2.C5H9NO2/c1-11(2)7-8-13-14(3,17-13)12-6-4-5-9-15(12)10-16-15;7-5(8)6-3-1-2-4-6/h7,12-13H,4-6,8-10H2,1-3H3;1-4H2,(H,7,8). The number of carboxylic acid groups (broad SMARTS) is 1. The molecule has 1 amide bonds. The molecule has 25 heavy (non-hydrogen) atoms. The van der Waals surface area contributed by atoms with Gasteiger partial charge in [-0.2, -0.15) is 0 Å². The fraction of sp³-hybridized carbons (Fsp3) is 0.850. The molecule has 4 atom stereocenters. The molecule has 142 valence electrons. The molecule has 4 fully saturated rings. The Kier molecular flexibility index (Phi) is 5.45. The minimum absolute atomic E-state index is 0.100. The topological polar surface area (TPSA) is 65.6 Å². The second-order valence-corrected chi connectivity index (χ2v) is 8.44. The smallest absolute Gasteiger partial charge is 0.407 e. The lowest BCUT2D eigenvalue weighted by Gasteiger charge is -2.32. The van der Waals surface area contributed by atoms with Crippen molar-refractivity contribution in [2.45, 2.75) is 83.0 Å². The van der Waals surface area contributed by atoms with Gasteiger partial charge in [0.15, 0.2) is 0 Å². The van der Waals surface area contributed by atoms with Crippen molar-refractivity contribution >= 4 is 6.09 Å². The molecule has 0 bridgehead atoms. The fourth-order valence-electron chi connectivity index (χ4n) is 4.57. The molecule has 3 heterocycles. The first kappa shape index (κ1) is 18.7. The maximum Gasteiger partial charge on any atom is 0.407 e. The summed E-state index contributed by atoms with van der Waals surface area (Å²) in [6.45, 7) is 9.06. The minimum atomic E-state index is -0.775. The molecule has 0 aromatic rings. The molecule has 4 aliphatic rings. The average Bonchev–Trinajstić information content (AvgIpc) is 3.39. The molecule has 0 radical (unpaired) electrons. The van der Waals surface area contributed by atoms with Crippen LogP contribution in [0.1, 0.15) is 65.7 Å². The van der Waals surface area contributed by atoms with E-state index in [4.69, 9.17) is 14.6 Å². The molecule has 0 aromatic carbocycles. The molecule has 1 aliphatic carbocycles. The van der Waals surface area contributed by atoms with E-state index in [0.29, 0.717) is 12.0 Å². The van der Waals surface area contributed by atoms with Crippen molar-refractivity contribution in [1.82, 2.24) is 4.90 Å². The quantitative estimate of drug-likeness (QED) is 0.611. The van der Waals surface area contributed by atoms with Gasteiger partial charge in [-0.25, -0.2) is 4.79 Å². The van der Waals surface area contributed by atoms with E-state index in [2.05, 4.69) is 26.8 Å². The fourth-order valence-corrected chi connectivity index (χ4v) is 4.57. The predicted octanol–water partition coefficient (Wildman–Crippen LogP) is 4.22. The van der Waals surface area contributed by atoms with Crippen LogP contribution in [0, 0.1) is 5.92 Å². The number of hydrogen-bond acceptors (Lipinski definition) is 3. The van der Waals surface area contributed by atoms with Crippen LogP contribution in [0.2, 0.25) is 0 Å². The average molecular weight is 351 g/mol. The predicted molar refractivity (Wildman–Crippen MR) is 96.8 cm³/mol. The molecular formula is C20H33NO4. The molecule has 4 rings (SSSR count). The van der Waals surface area contributed by atoms with Gasteiger partial charge in [-0.05, 0) is 52.9 Å². The largest absolute Gasteiger partial charge is 0.465 e. The van der Waals surface area contributed by atoms with Crippen LogP contribution >= 0.6 is 0 Å². The molecule has 1 saturated carbocycles. The first-order valence-corrected chi connectivity index (χ1v) is 9.80. The Morgan fingerprint density at radius 2 is 1.92 bits per heavy atom. The second-order valence-electron chi connectivity index (χ2n) is 8.44. The lowest BCUT2D eigenvalue weighted by molar-refractivity contribution is 0.0886. The van der Waals surface area contributed by atoms with Gasteiger partial charge in [-0.1, -0.05) is 24.5 Å². The highest BCUT2D eigenvalue weighted by Crippen LogP contribution is 2.58. The number of ether oxygens (including phenoxy) is 2. The van der Waals surface area contributed by atoms with E-state index < -0.39 is 6.09 Å². The van der Waals surface area contributed by atoms with Gasteiger partial charge < -0.3 is 19.5 Å². The summed E-state index contributed by atoms with van der Waals surface area (Å²) in [7, 11) is 0. The van der Waals surface area contributed by atoms with Gasteiger partial charge in [0, 0.05) is 19.0 Å². The number of rotatable bonds is 3. The number of epoxide rings is 2. The van der Waals surface area contributed by atoms with Crippen molar-refractivity contribution in [3.8, 4) is 0 Å². The van der Waals surface area contributed by atoms with Crippen LogP contribution in [0.4, 0.5) is 4.79 Å². The van der Waals surface area contributed by atoms with Crippen molar-refractivity contribution in [1.29, 1.82) is 0 Å². The Balaban J connectivity index is 0.000000192. The van der Waals surface area contributed by atoms with Crippen LogP contribution in [-0.4, -0.2) is 53.1 Å². The maximum absolute atomic E-state index is 10.1. The van der Waals surface area contributed by atoms with E-state index in [-0.39, 0.29) is 11.2 Å². The van der Waals surface area contributed by atoms with Gasteiger partial charge in [0.2, 0.25) is 0 Å². The Hall–Kier alpha value is -1.07. The van der Waals surface area contributed by atoms with E-state index in [1.165, 1.54) is 36.2 Å². The number of nitrogens with zero attached hydrogens (tertiary/aromatic N) is 1. The van der Waals surface area contributed by atoms with Gasteiger partial charge in [-0.3, -0.25) is 0 Å². The van der Waals surface area contributed by atoms with Crippen molar-refractivity contribution in [3.05, 3.63) is 11.6 Å². The van der Waals surface area contributed by atoms with Gasteiger partial charge >= 0.3 is 6.09 Å². The van der Waals surface area contributed by atoms with E-state index in [1.807, 2.05) is 0 Å². The van der Waals surface area contributed by atoms with Crippen molar-refractivity contribution in [2.24, 2.45) is 5.92 Å². The second kappa shape index (κ2) is 7.28. The van der Waals surface area contributed by atoms with Crippen LogP contribution in [0.25, 0.3) is 0 Å². The Bertz CT molecular complexity index is 518. The van der Waals surface area contributed by atoms with Crippen molar-refractivity contribution in [2.75, 3.05) is 19.7 Å². The molecule has 3 aliphatic heterocycles. The number of carbonyl (C=O) groups is 1. The van der Waals surface area contributed by atoms with E-state index in [0.717, 1.165) is 39.0 Å². The van der Waals surface area contributed by atoms with E-state index in [1.54, 1.807) is 0 Å². The zero-order valence-electron chi connectivity index (χ0n) is 15.9. The molecule has 1 N–H and O–H groups in total. The summed E-state index contributed by atoms with van der Waals surface area (Å²) >= 11 is 0. The summed E-state index contributed by atoms with van der Waals surface area (Å²) in [6, 6.07) is 0. The molecule has 0 aromatic heterocycles. The first-order chi connectivity index (χ1) is 11.9. The zero-order valence-corrected chi connectivity index (χ0v) is 15.9. The minimum Gasteiger partial charge on any atom is -0.465 e. The Morgan fingerprint density at radius 3 is 2.44 bits per heavy atom. The molecular weight excluding hydrogens is 318 g/mol. The third-order valence-corrected chi connectivity index (χ3v) is 6.28. The molecule has 1 spiro atoms. The summed E-state index contributed by atoms with van der Waals surface area (Å²) < 4.78 is 11.8. The van der Waals surface area contributed by atoms with Crippen LogP contribution in [0.15, 0.2) is 11.6 Å². The Morgan fingerprint density at radius 1 is 1.24 bits per heavy atom. The maximum atomic E-state index is 10.1. The van der Waals surface area contributed by atoms with Crippen LogP contribution in [-0.2, 0) is 9.47 Å². The SMILES string of the molecule is CC(C)=CCC1OC1(C)C1CCCCC12CO2.O=C(O)N1CCCC1. The van der Waals surface area contributed by atoms with Crippen LogP contribution in [0.3, 0.4) is 0 Å². The lowest BCUT2D eigenvalue weighted by atomic mass is 9.71. The highest BCUT2D eigenvalue weighted by Gasteiger charge is 2.67. The van der Waals surface area contributed by atoms with Crippen LogP contribution in [0.5, 0.6) is 0 Å². The van der Waals surface area contributed by atoms with Gasteiger partial charge in [0.05, 0.1) is 23.9 Å². The number of likely N-dealkylation sites (tertiary alicyclic amines) is 1. The first-order valence-electron chi connectivity index (χ1n) is 9.80. The molecule has 3 saturated heterocycles. The molecule has 5 nitrogen and oxygen atoms in total. The third-order valence-electron chi connectivity index (χ3n) is 6.28. The number of amides is 1. The van der Waals surface area contributed by atoms with E-state index in [9.17, 15) is 4.79 Å². The summed E-state index contributed by atoms with van der Waals surface area (Å²) in [5, 5.41) is 8.34. The van der Waals surface area contributed by atoms with Crippen molar-refractivity contribution < 1.29 is 19.4 Å². The van der Waals surface area contributed by atoms with Gasteiger partial charge in [0.1, 0.15) is 0 Å². The number of hydrogen-bond donors (Lipinski definition) is 1. The summed E-state index contributed by atoms with van der Waals surface area (Å²) in [5.74, 6) is 0.638.